The minimum absolute atomic E-state index is 0. The molecule has 0 atom stereocenters. The SMILES string of the molecule is CN=C(NCc1ccn[nH]1)NCc1nc(C)c(C)s1.I. The van der Waals surface area contributed by atoms with Gasteiger partial charge in [-0.1, -0.05) is 0 Å². The summed E-state index contributed by atoms with van der Waals surface area (Å²) in [5.41, 5.74) is 2.12. The van der Waals surface area contributed by atoms with Crippen molar-refractivity contribution in [2.75, 3.05) is 7.05 Å². The van der Waals surface area contributed by atoms with Crippen LogP contribution in [0.2, 0.25) is 0 Å². The van der Waals surface area contributed by atoms with Crippen molar-refractivity contribution in [2.24, 2.45) is 4.99 Å². The normalized spacial score (nSPS) is 11.1. The third kappa shape index (κ3) is 4.75. The topological polar surface area (TPSA) is 78.0 Å². The van der Waals surface area contributed by atoms with Gasteiger partial charge in [0.2, 0.25) is 0 Å². The second-order valence-electron chi connectivity index (χ2n) is 4.11. The molecule has 0 fully saturated rings. The average molecular weight is 406 g/mol. The summed E-state index contributed by atoms with van der Waals surface area (Å²) in [6, 6.07) is 1.92. The summed E-state index contributed by atoms with van der Waals surface area (Å²) >= 11 is 1.71. The Bertz CT molecular complexity index is 529. The zero-order valence-electron chi connectivity index (χ0n) is 11.7. The predicted octanol–water partition coefficient (Wildman–Crippen LogP) is 1.97. The Morgan fingerprint density at radius 1 is 1.35 bits per heavy atom. The van der Waals surface area contributed by atoms with Gasteiger partial charge in [-0.2, -0.15) is 5.10 Å². The number of nitrogens with zero attached hydrogens (tertiary/aromatic N) is 3. The van der Waals surface area contributed by atoms with Crippen LogP contribution in [-0.4, -0.2) is 28.2 Å². The Kier molecular flexibility index (Phi) is 6.93. The average Bonchev–Trinajstić information content (AvgIpc) is 3.01. The molecule has 0 unspecified atom stereocenters. The Morgan fingerprint density at radius 2 is 2.10 bits per heavy atom. The zero-order valence-corrected chi connectivity index (χ0v) is 14.9. The van der Waals surface area contributed by atoms with Gasteiger partial charge in [0.25, 0.3) is 0 Å². The maximum absolute atomic E-state index is 4.48. The van der Waals surface area contributed by atoms with Gasteiger partial charge in [0.1, 0.15) is 5.01 Å². The highest BCUT2D eigenvalue weighted by atomic mass is 127. The first-order valence-electron chi connectivity index (χ1n) is 6.04. The Balaban J connectivity index is 0.00000200. The molecule has 8 heteroatoms. The van der Waals surface area contributed by atoms with Gasteiger partial charge in [-0.05, 0) is 19.9 Å². The van der Waals surface area contributed by atoms with Crippen LogP contribution in [0.3, 0.4) is 0 Å². The fourth-order valence-corrected chi connectivity index (χ4v) is 2.43. The Morgan fingerprint density at radius 3 is 2.65 bits per heavy atom. The van der Waals surface area contributed by atoms with Crippen molar-refractivity contribution in [2.45, 2.75) is 26.9 Å². The van der Waals surface area contributed by atoms with Gasteiger partial charge in [0, 0.05) is 18.1 Å². The lowest BCUT2D eigenvalue weighted by atomic mass is 10.4. The van der Waals surface area contributed by atoms with E-state index in [1.807, 2.05) is 13.0 Å². The van der Waals surface area contributed by atoms with Crippen LogP contribution in [0.4, 0.5) is 0 Å². The lowest BCUT2D eigenvalue weighted by molar-refractivity contribution is 0.786. The first kappa shape index (κ1) is 16.9. The summed E-state index contributed by atoms with van der Waals surface area (Å²) in [7, 11) is 1.75. The molecule has 6 nitrogen and oxygen atoms in total. The zero-order chi connectivity index (χ0) is 13.7. The summed E-state index contributed by atoms with van der Waals surface area (Å²) in [4.78, 5) is 9.91. The fourth-order valence-electron chi connectivity index (χ4n) is 1.56. The number of aryl methyl sites for hydroxylation is 2. The third-order valence-corrected chi connectivity index (χ3v) is 3.78. The van der Waals surface area contributed by atoms with Gasteiger partial charge >= 0.3 is 0 Å². The molecule has 2 aromatic rings. The van der Waals surface area contributed by atoms with Crippen molar-refractivity contribution in [3.63, 3.8) is 0 Å². The van der Waals surface area contributed by atoms with Crippen LogP contribution in [0.25, 0.3) is 0 Å². The van der Waals surface area contributed by atoms with E-state index in [1.54, 1.807) is 24.6 Å². The molecule has 110 valence electrons. The highest BCUT2D eigenvalue weighted by molar-refractivity contribution is 14.0. The van der Waals surface area contributed by atoms with Crippen LogP contribution in [-0.2, 0) is 13.1 Å². The summed E-state index contributed by atoms with van der Waals surface area (Å²) in [5, 5.41) is 14.3. The second-order valence-corrected chi connectivity index (χ2v) is 5.40. The number of H-pyrrole nitrogens is 1. The van der Waals surface area contributed by atoms with Crippen LogP contribution in [0.15, 0.2) is 17.3 Å². The number of aromatic nitrogens is 3. The lowest BCUT2D eigenvalue weighted by Crippen LogP contribution is -2.36. The number of halogens is 1. The van der Waals surface area contributed by atoms with Gasteiger partial charge in [-0.25, -0.2) is 4.98 Å². The maximum Gasteiger partial charge on any atom is 0.191 e. The monoisotopic (exact) mass is 406 g/mol. The van der Waals surface area contributed by atoms with E-state index < -0.39 is 0 Å². The van der Waals surface area contributed by atoms with E-state index in [0.717, 1.165) is 22.4 Å². The predicted molar refractivity (Wildman–Crippen MR) is 92.6 cm³/mol. The highest BCUT2D eigenvalue weighted by Crippen LogP contribution is 2.15. The number of hydrogen-bond donors (Lipinski definition) is 3. The number of nitrogens with one attached hydrogen (secondary N) is 3. The molecule has 20 heavy (non-hydrogen) atoms. The Labute approximate surface area is 139 Å². The number of thiazole rings is 1. The summed E-state index contributed by atoms with van der Waals surface area (Å²) in [5.74, 6) is 0.750. The van der Waals surface area contributed by atoms with Crippen molar-refractivity contribution in [3.05, 3.63) is 33.5 Å². The van der Waals surface area contributed by atoms with E-state index in [0.29, 0.717) is 13.1 Å². The second kappa shape index (κ2) is 8.20. The molecule has 0 bridgehead atoms. The molecule has 0 saturated heterocycles. The molecular weight excluding hydrogens is 387 g/mol. The molecule has 0 aliphatic heterocycles. The summed E-state index contributed by atoms with van der Waals surface area (Å²) in [6.45, 7) is 5.46. The first-order valence-corrected chi connectivity index (χ1v) is 6.86. The van der Waals surface area contributed by atoms with Crippen molar-refractivity contribution in [3.8, 4) is 0 Å². The standard InChI is InChI=1S/C12H18N6S.HI/c1-8-9(2)19-11(17-8)7-15-12(13-3)14-6-10-4-5-16-18-10;/h4-5H,6-7H2,1-3H3,(H,16,18)(H2,13,14,15);1H. The van der Waals surface area contributed by atoms with Crippen molar-refractivity contribution in [1.82, 2.24) is 25.8 Å². The van der Waals surface area contributed by atoms with Gasteiger partial charge in [0.05, 0.1) is 24.5 Å². The molecule has 0 radical (unpaired) electrons. The lowest BCUT2D eigenvalue weighted by Gasteiger charge is -2.09. The van der Waals surface area contributed by atoms with Gasteiger partial charge < -0.3 is 10.6 Å². The van der Waals surface area contributed by atoms with E-state index in [4.69, 9.17) is 0 Å². The smallest absolute Gasteiger partial charge is 0.191 e. The van der Waals surface area contributed by atoms with E-state index in [9.17, 15) is 0 Å². The van der Waals surface area contributed by atoms with Gasteiger partial charge in [-0.3, -0.25) is 10.1 Å². The minimum Gasteiger partial charge on any atom is -0.351 e. The number of aromatic amines is 1. The fraction of sp³-hybridized carbons (Fsp3) is 0.417. The molecule has 0 aliphatic carbocycles. The summed E-state index contributed by atoms with van der Waals surface area (Å²) < 4.78 is 0. The molecule has 2 heterocycles. The quantitative estimate of drug-likeness (QED) is 0.412. The number of hydrogen-bond acceptors (Lipinski definition) is 4. The molecule has 3 N–H and O–H groups in total. The molecule has 0 aromatic carbocycles. The summed E-state index contributed by atoms with van der Waals surface area (Å²) in [6.07, 6.45) is 1.73. The number of rotatable bonds is 4. The molecule has 2 rings (SSSR count). The van der Waals surface area contributed by atoms with E-state index >= 15 is 0 Å². The van der Waals surface area contributed by atoms with Crippen LogP contribution in [0.5, 0.6) is 0 Å². The maximum atomic E-state index is 4.48. The molecule has 0 aliphatic rings. The van der Waals surface area contributed by atoms with Gasteiger partial charge in [-0.15, -0.1) is 35.3 Å². The van der Waals surface area contributed by atoms with E-state index in [1.165, 1.54) is 4.88 Å². The molecule has 0 saturated carbocycles. The first-order chi connectivity index (χ1) is 9.19. The van der Waals surface area contributed by atoms with Crippen LogP contribution < -0.4 is 10.6 Å². The van der Waals surface area contributed by atoms with Gasteiger partial charge in [0.15, 0.2) is 5.96 Å². The van der Waals surface area contributed by atoms with Crippen molar-refractivity contribution in [1.29, 1.82) is 0 Å². The number of guanidine groups is 1. The largest absolute Gasteiger partial charge is 0.351 e. The Hall–Kier alpha value is -1.16. The highest BCUT2D eigenvalue weighted by Gasteiger charge is 2.04. The molecule has 0 amide bonds. The van der Waals surface area contributed by atoms with Crippen LogP contribution >= 0.6 is 35.3 Å². The van der Waals surface area contributed by atoms with E-state index in [-0.39, 0.29) is 24.0 Å². The molecule has 2 aromatic heterocycles. The minimum atomic E-state index is 0. The van der Waals surface area contributed by atoms with Crippen molar-refractivity contribution < 1.29 is 0 Å². The van der Waals surface area contributed by atoms with Crippen LogP contribution in [0, 0.1) is 13.8 Å². The third-order valence-electron chi connectivity index (χ3n) is 2.71. The molecular formula is C12H19IN6S. The van der Waals surface area contributed by atoms with Crippen molar-refractivity contribution >= 4 is 41.3 Å². The number of aliphatic imine (C=N–C) groups is 1. The van der Waals surface area contributed by atoms with E-state index in [2.05, 4.69) is 37.7 Å². The van der Waals surface area contributed by atoms with Crippen LogP contribution in [0.1, 0.15) is 21.3 Å². The molecule has 0 spiro atoms.